The smallest absolute Gasteiger partial charge is 0.255 e. The number of rotatable bonds is 3. The molecule has 1 aromatic heterocycles. The molecule has 1 fully saturated rings. The van der Waals surface area contributed by atoms with E-state index < -0.39 is 6.04 Å². The van der Waals surface area contributed by atoms with Gasteiger partial charge in [-0.1, -0.05) is 18.2 Å². The van der Waals surface area contributed by atoms with Crippen LogP contribution in [-0.2, 0) is 4.79 Å². The summed E-state index contributed by atoms with van der Waals surface area (Å²) in [6.45, 7) is 0.585. The third-order valence-electron chi connectivity index (χ3n) is 4.37. The van der Waals surface area contributed by atoms with E-state index in [9.17, 15) is 9.59 Å². The number of carbonyl (C=O) groups is 2. The van der Waals surface area contributed by atoms with Crippen molar-refractivity contribution < 1.29 is 14.3 Å². The zero-order valence-electron chi connectivity index (χ0n) is 14.2. The van der Waals surface area contributed by atoms with Crippen LogP contribution in [0.2, 0.25) is 0 Å². The van der Waals surface area contributed by atoms with Crippen LogP contribution in [0.15, 0.2) is 30.3 Å². The first-order valence-electron chi connectivity index (χ1n) is 7.99. The van der Waals surface area contributed by atoms with Crippen LogP contribution < -0.4 is 4.74 Å². The minimum atomic E-state index is -0.398. The normalized spacial score (nSPS) is 17.1. The molecule has 1 aliphatic heterocycles. The Bertz CT molecular complexity index is 788. The molecule has 0 bridgehead atoms. The molecule has 6 nitrogen and oxygen atoms in total. The van der Waals surface area contributed by atoms with Crippen molar-refractivity contribution in [3.63, 3.8) is 0 Å². The average molecular weight is 327 g/mol. The standard InChI is InChI=1S/C18H21N3O3/c1-20(2)18(23)15-9-6-10-21(15)17(22)13-11-16(24-3)19-14-8-5-4-7-12(13)14/h4-5,7-8,11,15H,6,9-10H2,1-3H3. The van der Waals surface area contributed by atoms with Gasteiger partial charge < -0.3 is 14.5 Å². The van der Waals surface area contributed by atoms with E-state index >= 15 is 0 Å². The number of fused-ring (bicyclic) bond motifs is 1. The fourth-order valence-electron chi connectivity index (χ4n) is 3.15. The van der Waals surface area contributed by atoms with Gasteiger partial charge in [0.05, 0.1) is 18.2 Å². The van der Waals surface area contributed by atoms with Gasteiger partial charge in [0.2, 0.25) is 11.8 Å². The number of hydrogen-bond acceptors (Lipinski definition) is 4. The van der Waals surface area contributed by atoms with E-state index in [2.05, 4.69) is 4.98 Å². The van der Waals surface area contributed by atoms with Gasteiger partial charge in [0, 0.05) is 32.1 Å². The van der Waals surface area contributed by atoms with Crippen molar-refractivity contribution in [1.29, 1.82) is 0 Å². The predicted octanol–water partition coefficient (Wildman–Crippen LogP) is 1.94. The molecule has 3 rings (SSSR count). The molecular weight excluding hydrogens is 306 g/mol. The highest BCUT2D eigenvalue weighted by atomic mass is 16.5. The predicted molar refractivity (Wildman–Crippen MR) is 91.0 cm³/mol. The number of carbonyl (C=O) groups excluding carboxylic acids is 2. The van der Waals surface area contributed by atoms with Gasteiger partial charge in [-0.15, -0.1) is 0 Å². The molecule has 2 aromatic rings. The lowest BCUT2D eigenvalue weighted by atomic mass is 10.1. The molecule has 0 saturated carbocycles. The van der Waals surface area contributed by atoms with E-state index in [4.69, 9.17) is 4.74 Å². The van der Waals surface area contributed by atoms with Crippen molar-refractivity contribution in [2.24, 2.45) is 0 Å². The van der Waals surface area contributed by atoms with Gasteiger partial charge in [-0.05, 0) is 18.9 Å². The SMILES string of the molecule is COc1cc(C(=O)N2CCCC2C(=O)N(C)C)c2ccccc2n1. The number of pyridine rings is 1. The van der Waals surface area contributed by atoms with Crippen LogP contribution >= 0.6 is 0 Å². The number of benzene rings is 1. The largest absolute Gasteiger partial charge is 0.481 e. The van der Waals surface area contributed by atoms with Crippen LogP contribution in [0.3, 0.4) is 0 Å². The van der Waals surface area contributed by atoms with Gasteiger partial charge in [-0.2, -0.15) is 0 Å². The fourth-order valence-corrected chi connectivity index (χ4v) is 3.15. The maximum absolute atomic E-state index is 13.1. The molecular formula is C18H21N3O3. The lowest BCUT2D eigenvalue weighted by Gasteiger charge is -2.26. The maximum Gasteiger partial charge on any atom is 0.255 e. The molecule has 6 heteroatoms. The van der Waals surface area contributed by atoms with E-state index in [0.29, 0.717) is 29.9 Å². The molecule has 1 aromatic carbocycles. The number of likely N-dealkylation sites (N-methyl/N-ethyl adjacent to an activating group) is 1. The highest BCUT2D eigenvalue weighted by Gasteiger charge is 2.36. The maximum atomic E-state index is 13.1. The molecule has 2 heterocycles. The summed E-state index contributed by atoms with van der Waals surface area (Å²) in [5, 5.41) is 0.770. The number of likely N-dealkylation sites (tertiary alicyclic amines) is 1. The fraction of sp³-hybridized carbons (Fsp3) is 0.389. The van der Waals surface area contributed by atoms with Crippen molar-refractivity contribution in [1.82, 2.24) is 14.8 Å². The Morgan fingerprint density at radius 3 is 2.75 bits per heavy atom. The van der Waals surface area contributed by atoms with Gasteiger partial charge in [0.15, 0.2) is 0 Å². The number of para-hydroxylation sites is 1. The summed E-state index contributed by atoms with van der Waals surface area (Å²) in [4.78, 5) is 33.1. The average Bonchev–Trinajstić information content (AvgIpc) is 3.08. The number of methoxy groups -OCH3 is 1. The molecule has 24 heavy (non-hydrogen) atoms. The van der Waals surface area contributed by atoms with Gasteiger partial charge >= 0.3 is 0 Å². The molecule has 0 aliphatic carbocycles. The Kier molecular flexibility index (Phi) is 4.38. The van der Waals surface area contributed by atoms with E-state index in [-0.39, 0.29) is 11.8 Å². The first-order chi connectivity index (χ1) is 11.5. The Labute approximate surface area is 141 Å². The van der Waals surface area contributed by atoms with Crippen molar-refractivity contribution >= 4 is 22.7 Å². The van der Waals surface area contributed by atoms with Crippen LogP contribution in [-0.4, -0.2) is 60.4 Å². The topological polar surface area (TPSA) is 62.7 Å². The van der Waals surface area contributed by atoms with Crippen LogP contribution in [0.25, 0.3) is 10.9 Å². The number of amides is 2. The van der Waals surface area contributed by atoms with Gasteiger partial charge in [-0.3, -0.25) is 9.59 Å². The quantitative estimate of drug-likeness (QED) is 0.864. The van der Waals surface area contributed by atoms with E-state index in [1.54, 1.807) is 30.0 Å². The summed E-state index contributed by atoms with van der Waals surface area (Å²) in [5.41, 5.74) is 1.23. The summed E-state index contributed by atoms with van der Waals surface area (Å²) < 4.78 is 5.23. The third kappa shape index (κ3) is 2.79. The highest BCUT2D eigenvalue weighted by Crippen LogP contribution is 2.27. The third-order valence-corrected chi connectivity index (χ3v) is 4.37. The van der Waals surface area contributed by atoms with Crippen LogP contribution in [0.1, 0.15) is 23.2 Å². The van der Waals surface area contributed by atoms with E-state index in [1.165, 1.54) is 7.11 Å². The minimum absolute atomic E-state index is 0.0359. The van der Waals surface area contributed by atoms with Gasteiger partial charge in [-0.25, -0.2) is 4.98 Å². The summed E-state index contributed by atoms with van der Waals surface area (Å²) in [5.74, 6) is 0.211. The molecule has 2 amide bonds. The molecule has 126 valence electrons. The Morgan fingerprint density at radius 2 is 2.04 bits per heavy atom. The monoisotopic (exact) mass is 327 g/mol. The molecule has 1 saturated heterocycles. The van der Waals surface area contributed by atoms with Gasteiger partial charge in [0.1, 0.15) is 6.04 Å². The number of aromatic nitrogens is 1. The second-order valence-corrected chi connectivity index (χ2v) is 6.12. The van der Waals surface area contributed by atoms with E-state index in [1.807, 2.05) is 24.3 Å². The summed E-state index contributed by atoms with van der Waals surface area (Å²) in [6.07, 6.45) is 1.53. The van der Waals surface area contributed by atoms with Gasteiger partial charge in [0.25, 0.3) is 5.91 Å². The summed E-state index contributed by atoms with van der Waals surface area (Å²) in [6, 6.07) is 8.72. The second kappa shape index (κ2) is 6.47. The lowest BCUT2D eigenvalue weighted by molar-refractivity contribution is -0.132. The molecule has 0 radical (unpaired) electrons. The number of ether oxygens (including phenoxy) is 1. The van der Waals surface area contributed by atoms with Crippen LogP contribution in [0, 0.1) is 0 Å². The zero-order valence-corrected chi connectivity index (χ0v) is 14.2. The van der Waals surface area contributed by atoms with Crippen molar-refractivity contribution in [3.05, 3.63) is 35.9 Å². The Balaban J connectivity index is 2.03. The lowest BCUT2D eigenvalue weighted by Crippen LogP contribution is -2.45. The first kappa shape index (κ1) is 16.2. The van der Waals surface area contributed by atoms with Crippen LogP contribution in [0.5, 0.6) is 5.88 Å². The first-order valence-corrected chi connectivity index (χ1v) is 7.99. The molecule has 1 unspecified atom stereocenters. The summed E-state index contributed by atoms with van der Waals surface area (Å²) in [7, 11) is 4.96. The number of hydrogen-bond donors (Lipinski definition) is 0. The van der Waals surface area contributed by atoms with Crippen LogP contribution in [0.4, 0.5) is 0 Å². The summed E-state index contributed by atoms with van der Waals surface area (Å²) >= 11 is 0. The zero-order chi connectivity index (χ0) is 17.3. The minimum Gasteiger partial charge on any atom is -0.481 e. The Morgan fingerprint density at radius 1 is 1.29 bits per heavy atom. The molecule has 1 aliphatic rings. The van der Waals surface area contributed by atoms with Crippen molar-refractivity contribution in [2.45, 2.75) is 18.9 Å². The molecule has 0 N–H and O–H groups in total. The van der Waals surface area contributed by atoms with E-state index in [0.717, 1.165) is 11.8 Å². The number of nitrogens with zero attached hydrogens (tertiary/aromatic N) is 3. The molecule has 0 spiro atoms. The van der Waals surface area contributed by atoms with Crippen molar-refractivity contribution in [3.8, 4) is 5.88 Å². The highest BCUT2D eigenvalue weighted by molar-refractivity contribution is 6.07. The second-order valence-electron chi connectivity index (χ2n) is 6.12. The molecule has 1 atom stereocenters. The Hall–Kier alpha value is -2.63. The van der Waals surface area contributed by atoms with Crippen molar-refractivity contribution in [2.75, 3.05) is 27.7 Å².